The lowest BCUT2D eigenvalue weighted by atomic mass is 10.2. The molecular weight excluding hydrogens is 280 g/mol. The van der Waals surface area contributed by atoms with E-state index in [1.807, 2.05) is 36.4 Å². The SMILES string of the molecule is Oc1ccc(-c2nc3ccccc3[nH]2)cc1Br. The van der Waals surface area contributed by atoms with Gasteiger partial charge in [-0.2, -0.15) is 0 Å². The number of rotatable bonds is 1. The number of phenols is 1. The van der Waals surface area contributed by atoms with E-state index >= 15 is 0 Å². The molecule has 0 unspecified atom stereocenters. The fourth-order valence-corrected chi connectivity index (χ4v) is 2.12. The fourth-order valence-electron chi connectivity index (χ4n) is 1.74. The van der Waals surface area contributed by atoms with Crippen LogP contribution in [0.4, 0.5) is 0 Å². The van der Waals surface area contributed by atoms with Crippen LogP contribution < -0.4 is 0 Å². The van der Waals surface area contributed by atoms with E-state index in [4.69, 9.17) is 0 Å². The number of hydrogen-bond donors (Lipinski definition) is 2. The van der Waals surface area contributed by atoms with Gasteiger partial charge in [-0.25, -0.2) is 4.98 Å². The van der Waals surface area contributed by atoms with Gasteiger partial charge in [0.05, 0.1) is 15.5 Å². The third kappa shape index (κ3) is 1.80. The van der Waals surface area contributed by atoms with E-state index in [0.717, 1.165) is 22.4 Å². The number of nitrogens with one attached hydrogen (secondary N) is 1. The average molecular weight is 289 g/mol. The Morgan fingerprint density at radius 3 is 2.71 bits per heavy atom. The molecule has 0 spiro atoms. The molecule has 0 aliphatic rings. The third-order valence-corrected chi connectivity index (χ3v) is 3.25. The minimum absolute atomic E-state index is 0.227. The predicted octanol–water partition coefficient (Wildman–Crippen LogP) is 3.70. The molecule has 0 fully saturated rings. The molecule has 3 nitrogen and oxygen atoms in total. The molecular formula is C13H9BrN2O. The molecule has 2 aromatic carbocycles. The number of aromatic amines is 1. The van der Waals surface area contributed by atoms with Crippen LogP contribution in [0.5, 0.6) is 5.75 Å². The molecule has 17 heavy (non-hydrogen) atoms. The number of aromatic nitrogens is 2. The summed E-state index contributed by atoms with van der Waals surface area (Å²) in [5.74, 6) is 1.02. The van der Waals surface area contributed by atoms with Crippen molar-refractivity contribution in [1.82, 2.24) is 9.97 Å². The van der Waals surface area contributed by atoms with E-state index < -0.39 is 0 Å². The van der Waals surface area contributed by atoms with Crippen LogP contribution in [0.25, 0.3) is 22.4 Å². The van der Waals surface area contributed by atoms with Gasteiger partial charge in [0.2, 0.25) is 0 Å². The molecule has 2 N–H and O–H groups in total. The summed E-state index contributed by atoms with van der Waals surface area (Å²) in [6, 6.07) is 13.2. The number of nitrogens with zero attached hydrogens (tertiary/aromatic N) is 1. The van der Waals surface area contributed by atoms with E-state index in [-0.39, 0.29) is 5.75 Å². The fraction of sp³-hybridized carbons (Fsp3) is 0. The third-order valence-electron chi connectivity index (χ3n) is 2.61. The minimum Gasteiger partial charge on any atom is -0.507 e. The van der Waals surface area contributed by atoms with E-state index in [9.17, 15) is 5.11 Å². The summed E-state index contributed by atoms with van der Waals surface area (Å²) < 4.78 is 0.662. The molecule has 0 amide bonds. The number of imidazole rings is 1. The first-order chi connectivity index (χ1) is 8.24. The number of H-pyrrole nitrogens is 1. The molecule has 3 rings (SSSR count). The van der Waals surface area contributed by atoms with E-state index in [1.165, 1.54) is 0 Å². The monoisotopic (exact) mass is 288 g/mol. The normalized spacial score (nSPS) is 10.9. The van der Waals surface area contributed by atoms with Gasteiger partial charge in [0, 0.05) is 5.56 Å². The van der Waals surface area contributed by atoms with Crippen molar-refractivity contribution in [3.05, 3.63) is 46.9 Å². The average Bonchev–Trinajstić information content (AvgIpc) is 2.76. The van der Waals surface area contributed by atoms with Gasteiger partial charge < -0.3 is 10.1 Å². The lowest BCUT2D eigenvalue weighted by Gasteiger charge is -1.99. The molecule has 0 bridgehead atoms. The van der Waals surface area contributed by atoms with Crippen LogP contribution in [-0.4, -0.2) is 15.1 Å². The number of hydrogen-bond acceptors (Lipinski definition) is 2. The van der Waals surface area contributed by atoms with Gasteiger partial charge in [-0.05, 0) is 46.3 Å². The second kappa shape index (κ2) is 3.89. The van der Waals surface area contributed by atoms with Gasteiger partial charge in [0.15, 0.2) is 0 Å². The Morgan fingerprint density at radius 2 is 1.94 bits per heavy atom. The van der Waals surface area contributed by atoms with Gasteiger partial charge in [-0.3, -0.25) is 0 Å². The Kier molecular flexibility index (Phi) is 2.37. The van der Waals surface area contributed by atoms with Crippen molar-refractivity contribution in [2.75, 3.05) is 0 Å². The number of halogens is 1. The summed E-state index contributed by atoms with van der Waals surface area (Å²) in [6.07, 6.45) is 0. The van der Waals surface area contributed by atoms with Crippen molar-refractivity contribution in [2.45, 2.75) is 0 Å². The van der Waals surface area contributed by atoms with Gasteiger partial charge in [0.1, 0.15) is 11.6 Å². The van der Waals surface area contributed by atoms with Crippen molar-refractivity contribution in [3.8, 4) is 17.1 Å². The molecule has 3 aromatic rings. The van der Waals surface area contributed by atoms with Gasteiger partial charge in [-0.1, -0.05) is 12.1 Å². The zero-order chi connectivity index (χ0) is 11.8. The maximum atomic E-state index is 9.45. The van der Waals surface area contributed by atoms with E-state index in [1.54, 1.807) is 6.07 Å². The summed E-state index contributed by atoms with van der Waals surface area (Å²) in [7, 11) is 0. The van der Waals surface area contributed by atoms with Gasteiger partial charge >= 0.3 is 0 Å². The summed E-state index contributed by atoms with van der Waals surface area (Å²) in [6.45, 7) is 0. The zero-order valence-corrected chi connectivity index (χ0v) is 10.4. The number of fused-ring (bicyclic) bond motifs is 1. The van der Waals surface area contributed by atoms with Crippen molar-refractivity contribution in [1.29, 1.82) is 0 Å². The Balaban J connectivity index is 2.17. The molecule has 0 saturated heterocycles. The van der Waals surface area contributed by atoms with Crippen LogP contribution in [0, 0.1) is 0 Å². The summed E-state index contributed by atoms with van der Waals surface area (Å²) in [4.78, 5) is 7.74. The van der Waals surface area contributed by atoms with Crippen LogP contribution >= 0.6 is 15.9 Å². The zero-order valence-electron chi connectivity index (χ0n) is 8.81. The smallest absolute Gasteiger partial charge is 0.138 e. The van der Waals surface area contributed by atoms with Gasteiger partial charge in [-0.15, -0.1) is 0 Å². The molecule has 0 aliphatic heterocycles. The topological polar surface area (TPSA) is 48.9 Å². The maximum Gasteiger partial charge on any atom is 0.138 e. The Bertz CT molecular complexity index is 658. The highest BCUT2D eigenvalue weighted by Gasteiger charge is 2.06. The molecule has 1 heterocycles. The Hall–Kier alpha value is -1.81. The predicted molar refractivity (Wildman–Crippen MR) is 70.9 cm³/mol. The lowest BCUT2D eigenvalue weighted by molar-refractivity contribution is 0.472. The summed E-state index contributed by atoms with van der Waals surface area (Å²) >= 11 is 3.30. The van der Waals surface area contributed by atoms with E-state index in [2.05, 4.69) is 25.9 Å². The second-order valence-electron chi connectivity index (χ2n) is 3.77. The van der Waals surface area contributed by atoms with Crippen LogP contribution in [0.15, 0.2) is 46.9 Å². The second-order valence-corrected chi connectivity index (χ2v) is 4.62. The van der Waals surface area contributed by atoms with Crippen molar-refractivity contribution in [2.24, 2.45) is 0 Å². The van der Waals surface area contributed by atoms with Crippen molar-refractivity contribution < 1.29 is 5.11 Å². The van der Waals surface area contributed by atoms with Crippen LogP contribution in [0.1, 0.15) is 0 Å². The largest absolute Gasteiger partial charge is 0.507 e. The maximum absolute atomic E-state index is 9.45. The molecule has 0 aliphatic carbocycles. The van der Waals surface area contributed by atoms with Crippen molar-refractivity contribution >= 4 is 27.0 Å². The van der Waals surface area contributed by atoms with Crippen molar-refractivity contribution in [3.63, 3.8) is 0 Å². The Labute approximate surface area is 106 Å². The first kappa shape index (κ1) is 10.4. The van der Waals surface area contributed by atoms with Crippen LogP contribution in [-0.2, 0) is 0 Å². The van der Waals surface area contributed by atoms with E-state index in [0.29, 0.717) is 4.47 Å². The molecule has 84 valence electrons. The molecule has 0 saturated carbocycles. The lowest BCUT2D eigenvalue weighted by Crippen LogP contribution is -1.80. The van der Waals surface area contributed by atoms with Crippen LogP contribution in [0.2, 0.25) is 0 Å². The molecule has 1 aromatic heterocycles. The number of para-hydroxylation sites is 2. The highest BCUT2D eigenvalue weighted by molar-refractivity contribution is 9.10. The summed E-state index contributed by atoms with van der Waals surface area (Å²) in [5, 5.41) is 9.45. The first-order valence-corrected chi connectivity index (χ1v) is 5.97. The Morgan fingerprint density at radius 1 is 1.12 bits per heavy atom. The number of aromatic hydroxyl groups is 1. The minimum atomic E-state index is 0.227. The molecule has 0 radical (unpaired) electrons. The standard InChI is InChI=1S/C13H9BrN2O/c14-9-7-8(5-6-12(9)17)13-15-10-3-1-2-4-11(10)16-13/h1-7,17H,(H,15,16). The molecule has 0 atom stereocenters. The van der Waals surface area contributed by atoms with Gasteiger partial charge in [0.25, 0.3) is 0 Å². The summed E-state index contributed by atoms with van der Waals surface area (Å²) in [5.41, 5.74) is 2.88. The van der Waals surface area contributed by atoms with Crippen LogP contribution in [0.3, 0.4) is 0 Å². The molecule has 4 heteroatoms. The highest BCUT2D eigenvalue weighted by Crippen LogP contribution is 2.29. The highest BCUT2D eigenvalue weighted by atomic mass is 79.9. The first-order valence-electron chi connectivity index (χ1n) is 5.18. The quantitative estimate of drug-likeness (QED) is 0.717. The number of benzene rings is 2. The number of phenolic OH excluding ortho intramolecular Hbond substituents is 1.